The summed E-state index contributed by atoms with van der Waals surface area (Å²) in [5.41, 5.74) is 0. The first-order valence-corrected chi connectivity index (χ1v) is 6.03. The number of carbonyl (C=O) groups excluding carboxylic acids is 2. The lowest BCUT2D eigenvalue weighted by molar-refractivity contribution is -0.137. The second-order valence-electron chi connectivity index (χ2n) is 2.89. The van der Waals surface area contributed by atoms with Crippen LogP contribution in [-0.4, -0.2) is 18.2 Å². The maximum atomic E-state index is 11.0. The van der Waals surface area contributed by atoms with Gasteiger partial charge in [0.2, 0.25) is 5.78 Å². The van der Waals surface area contributed by atoms with Gasteiger partial charge in [0.1, 0.15) is 0 Å². The molecule has 0 aliphatic rings. The number of unbranched alkanes of at least 4 members (excludes halogenated alkanes) is 2. The number of halogens is 1. The fourth-order valence-electron chi connectivity index (χ4n) is 0.911. The van der Waals surface area contributed by atoms with Crippen molar-refractivity contribution < 1.29 is 9.59 Å². The molecule has 0 aromatic rings. The van der Waals surface area contributed by atoms with Gasteiger partial charge in [-0.1, -0.05) is 35.6 Å². The van der Waals surface area contributed by atoms with Gasteiger partial charge in [0.15, 0.2) is 0 Å². The van der Waals surface area contributed by atoms with Crippen LogP contribution < -0.4 is 5.32 Å². The molecule has 0 saturated heterocycles. The molecule has 0 unspecified atom stereocenters. The fraction of sp³-hybridized carbons (Fsp3) is 0.600. The van der Waals surface area contributed by atoms with Crippen LogP contribution in [0.1, 0.15) is 32.6 Å². The number of carbonyl (C=O) groups is 2. The Morgan fingerprint density at radius 2 is 2.07 bits per heavy atom. The second-order valence-corrected chi connectivity index (χ2v) is 3.61. The summed E-state index contributed by atoms with van der Waals surface area (Å²) in [5.74, 6) is -0.783. The lowest BCUT2D eigenvalue weighted by atomic mass is 10.2. The lowest BCUT2D eigenvalue weighted by Crippen LogP contribution is -2.31. The number of ketones is 1. The molecule has 14 heavy (non-hydrogen) atoms. The van der Waals surface area contributed by atoms with Crippen molar-refractivity contribution in [1.29, 1.82) is 0 Å². The van der Waals surface area contributed by atoms with E-state index in [2.05, 4.69) is 34.0 Å². The maximum absolute atomic E-state index is 11.0. The molecule has 3 nitrogen and oxygen atoms in total. The van der Waals surface area contributed by atoms with E-state index in [4.69, 9.17) is 0 Å². The standard InChI is InChI=1S/C10H16INO2/c1-2-9(13)10(14)12-8-6-4-3-5-7-11/h5,7H,2-4,6,8H2,1H3,(H,12,14)/b7-5-. The number of hydrogen-bond donors (Lipinski definition) is 1. The maximum Gasteiger partial charge on any atom is 0.287 e. The minimum Gasteiger partial charge on any atom is -0.350 e. The largest absolute Gasteiger partial charge is 0.350 e. The molecule has 0 spiro atoms. The van der Waals surface area contributed by atoms with E-state index >= 15 is 0 Å². The Morgan fingerprint density at radius 3 is 2.64 bits per heavy atom. The Hall–Kier alpha value is -0.390. The third kappa shape index (κ3) is 7.06. The van der Waals surface area contributed by atoms with Crippen LogP contribution in [0.5, 0.6) is 0 Å². The number of allylic oxidation sites excluding steroid dienone is 1. The Morgan fingerprint density at radius 1 is 1.36 bits per heavy atom. The minimum absolute atomic E-state index is 0.281. The van der Waals surface area contributed by atoms with E-state index in [0.29, 0.717) is 6.54 Å². The van der Waals surface area contributed by atoms with E-state index in [1.54, 1.807) is 6.92 Å². The van der Waals surface area contributed by atoms with Gasteiger partial charge in [-0.2, -0.15) is 0 Å². The van der Waals surface area contributed by atoms with E-state index in [-0.39, 0.29) is 12.2 Å². The summed E-state index contributed by atoms with van der Waals surface area (Å²) < 4.78 is 1.98. The number of rotatable bonds is 7. The molecule has 0 atom stereocenters. The first-order chi connectivity index (χ1) is 6.72. The molecule has 0 fully saturated rings. The van der Waals surface area contributed by atoms with Crippen LogP contribution in [-0.2, 0) is 9.59 Å². The number of amides is 1. The van der Waals surface area contributed by atoms with Crippen molar-refractivity contribution in [3.8, 4) is 0 Å². The van der Waals surface area contributed by atoms with Gasteiger partial charge >= 0.3 is 0 Å². The van der Waals surface area contributed by atoms with E-state index in [0.717, 1.165) is 19.3 Å². The van der Waals surface area contributed by atoms with Crippen molar-refractivity contribution in [1.82, 2.24) is 5.32 Å². The molecule has 0 rings (SSSR count). The zero-order valence-corrected chi connectivity index (χ0v) is 10.5. The first-order valence-electron chi connectivity index (χ1n) is 4.78. The van der Waals surface area contributed by atoms with Gasteiger partial charge in [-0.25, -0.2) is 0 Å². The summed E-state index contributed by atoms with van der Waals surface area (Å²) in [4.78, 5) is 21.8. The topological polar surface area (TPSA) is 46.2 Å². The smallest absolute Gasteiger partial charge is 0.287 e. The van der Waals surface area contributed by atoms with Gasteiger partial charge < -0.3 is 5.32 Å². The quantitative estimate of drug-likeness (QED) is 0.445. The van der Waals surface area contributed by atoms with Crippen molar-refractivity contribution in [3.63, 3.8) is 0 Å². The highest BCUT2D eigenvalue weighted by molar-refractivity contribution is 14.1. The Bertz CT molecular complexity index is 214. The molecule has 1 amide bonds. The van der Waals surface area contributed by atoms with Crippen LogP contribution in [0.2, 0.25) is 0 Å². The monoisotopic (exact) mass is 309 g/mol. The van der Waals surface area contributed by atoms with Crippen LogP contribution in [0.3, 0.4) is 0 Å². The lowest BCUT2D eigenvalue weighted by Gasteiger charge is -2.01. The van der Waals surface area contributed by atoms with Crippen molar-refractivity contribution >= 4 is 34.3 Å². The molecule has 0 radical (unpaired) electrons. The molecule has 1 N–H and O–H groups in total. The molecule has 0 aliphatic carbocycles. The SMILES string of the molecule is CCC(=O)C(=O)NCCCC/C=C\I. The van der Waals surface area contributed by atoms with Crippen LogP contribution in [0.4, 0.5) is 0 Å². The predicted octanol–water partition coefficient (Wildman–Crippen LogP) is 2.20. The average molecular weight is 309 g/mol. The zero-order valence-electron chi connectivity index (χ0n) is 8.38. The van der Waals surface area contributed by atoms with Crippen LogP contribution in [0.15, 0.2) is 10.2 Å². The van der Waals surface area contributed by atoms with Gasteiger partial charge in [-0.3, -0.25) is 9.59 Å². The molecular weight excluding hydrogens is 293 g/mol. The summed E-state index contributed by atoms with van der Waals surface area (Å²) in [7, 11) is 0. The molecule has 0 aromatic carbocycles. The Labute approximate surface area is 98.5 Å². The van der Waals surface area contributed by atoms with Crippen molar-refractivity contribution in [2.75, 3.05) is 6.54 Å². The van der Waals surface area contributed by atoms with Crippen LogP contribution >= 0.6 is 22.6 Å². The number of nitrogens with one attached hydrogen (secondary N) is 1. The second kappa shape index (κ2) is 9.18. The van der Waals surface area contributed by atoms with E-state index < -0.39 is 5.91 Å². The van der Waals surface area contributed by atoms with Crippen LogP contribution in [0, 0.1) is 0 Å². The van der Waals surface area contributed by atoms with Crippen molar-refractivity contribution in [3.05, 3.63) is 10.2 Å². The number of Topliss-reactive ketones (excluding diaryl/α,β-unsaturated/α-hetero) is 1. The molecule has 0 aromatic heterocycles. The van der Waals surface area contributed by atoms with Crippen molar-refractivity contribution in [2.45, 2.75) is 32.6 Å². The molecule has 0 bridgehead atoms. The average Bonchev–Trinajstić information content (AvgIpc) is 2.21. The van der Waals surface area contributed by atoms with Crippen molar-refractivity contribution in [2.24, 2.45) is 0 Å². The zero-order chi connectivity index (χ0) is 10.8. The third-order valence-corrected chi connectivity index (χ3v) is 2.26. The fourth-order valence-corrected chi connectivity index (χ4v) is 1.27. The first kappa shape index (κ1) is 13.6. The highest BCUT2D eigenvalue weighted by atomic mass is 127. The van der Waals surface area contributed by atoms with Gasteiger partial charge in [-0.05, 0) is 23.3 Å². The van der Waals surface area contributed by atoms with Crippen LogP contribution in [0.25, 0.3) is 0 Å². The summed E-state index contributed by atoms with van der Waals surface area (Å²) >= 11 is 2.18. The summed E-state index contributed by atoms with van der Waals surface area (Å²) in [6.07, 6.45) is 5.35. The molecule has 4 heteroatoms. The molecule has 80 valence electrons. The van der Waals surface area contributed by atoms with Gasteiger partial charge in [0.25, 0.3) is 5.91 Å². The summed E-state index contributed by atoms with van der Waals surface area (Å²) in [5, 5.41) is 2.60. The van der Waals surface area contributed by atoms with E-state index in [1.165, 1.54) is 0 Å². The highest BCUT2D eigenvalue weighted by Gasteiger charge is 2.08. The molecule has 0 saturated carbocycles. The predicted molar refractivity (Wildman–Crippen MR) is 65.3 cm³/mol. The highest BCUT2D eigenvalue weighted by Crippen LogP contribution is 1.97. The third-order valence-electron chi connectivity index (χ3n) is 1.75. The molecule has 0 heterocycles. The van der Waals surface area contributed by atoms with Gasteiger partial charge in [-0.15, -0.1) is 0 Å². The Kier molecular flexibility index (Phi) is 8.92. The Balaban J connectivity index is 3.36. The molecule has 0 aliphatic heterocycles. The van der Waals surface area contributed by atoms with Gasteiger partial charge in [0.05, 0.1) is 0 Å². The van der Waals surface area contributed by atoms with E-state index in [1.807, 2.05) is 4.08 Å². The summed E-state index contributed by atoms with van der Waals surface area (Å²) in [6, 6.07) is 0. The summed E-state index contributed by atoms with van der Waals surface area (Å²) in [6.45, 7) is 2.28. The molecular formula is C10H16INO2. The van der Waals surface area contributed by atoms with Gasteiger partial charge in [0, 0.05) is 13.0 Å². The number of hydrogen-bond acceptors (Lipinski definition) is 2. The van der Waals surface area contributed by atoms with E-state index in [9.17, 15) is 9.59 Å². The minimum atomic E-state index is -0.447. The normalized spacial score (nSPS) is 10.4.